The van der Waals surface area contributed by atoms with Crippen LogP contribution >= 0.6 is 0 Å². The highest BCUT2D eigenvalue weighted by molar-refractivity contribution is 5.09. The van der Waals surface area contributed by atoms with Crippen molar-refractivity contribution in [2.75, 3.05) is 13.1 Å². The molecule has 0 amide bonds. The normalized spacial score (nSPS) is 49.3. The van der Waals surface area contributed by atoms with Crippen LogP contribution in [0.5, 0.6) is 0 Å². The van der Waals surface area contributed by atoms with Crippen molar-refractivity contribution in [2.24, 2.45) is 23.5 Å². The van der Waals surface area contributed by atoms with Gasteiger partial charge in [0.1, 0.15) is 0 Å². The van der Waals surface area contributed by atoms with Crippen molar-refractivity contribution < 1.29 is 0 Å². The molecule has 2 nitrogen and oxygen atoms in total. The molecule has 0 bridgehead atoms. The zero-order chi connectivity index (χ0) is 7.84. The van der Waals surface area contributed by atoms with E-state index in [1.165, 1.54) is 0 Å². The van der Waals surface area contributed by atoms with Crippen LogP contribution in [0, 0.1) is 17.8 Å². The number of hydrogen-bond donors (Lipinski definition) is 2. The minimum Gasteiger partial charge on any atom is -0.327 e. The number of nitrogens with one attached hydrogen (secondary N) is 1. The first-order chi connectivity index (χ1) is 5.29. The summed E-state index contributed by atoms with van der Waals surface area (Å²) in [7, 11) is 0. The quantitative estimate of drug-likeness (QED) is 0.492. The highest BCUT2D eigenvalue weighted by Crippen LogP contribution is 2.29. The fourth-order valence-electron chi connectivity index (χ4n) is 2.19. The fraction of sp³-hybridized carbons (Fsp3) is 0.778. The summed E-state index contributed by atoms with van der Waals surface area (Å²) in [5.41, 5.74) is 6.07. The van der Waals surface area contributed by atoms with Crippen molar-refractivity contribution in [3.8, 4) is 0 Å². The molecular weight excluding hydrogens is 136 g/mol. The molecule has 0 aromatic rings. The topological polar surface area (TPSA) is 38.0 Å². The van der Waals surface area contributed by atoms with Crippen LogP contribution in [-0.2, 0) is 0 Å². The lowest BCUT2D eigenvalue weighted by Crippen LogP contribution is -2.41. The number of nitrogens with two attached hydrogens (primary N) is 1. The SMILES string of the molecule is CC1C=CC2CNCC2C1N. The molecule has 1 aliphatic heterocycles. The molecule has 0 spiro atoms. The Balaban J connectivity index is 2.17. The predicted molar refractivity (Wildman–Crippen MR) is 46.1 cm³/mol. The molecule has 2 rings (SSSR count). The van der Waals surface area contributed by atoms with Crippen molar-refractivity contribution in [1.82, 2.24) is 5.32 Å². The Kier molecular flexibility index (Phi) is 1.74. The highest BCUT2D eigenvalue weighted by atomic mass is 14.9. The molecular formula is C9H16N2. The van der Waals surface area contributed by atoms with E-state index < -0.39 is 0 Å². The van der Waals surface area contributed by atoms with Gasteiger partial charge >= 0.3 is 0 Å². The maximum atomic E-state index is 6.07. The van der Waals surface area contributed by atoms with Crippen LogP contribution in [0.1, 0.15) is 6.92 Å². The molecule has 4 atom stereocenters. The van der Waals surface area contributed by atoms with Crippen LogP contribution in [0.4, 0.5) is 0 Å². The molecule has 4 unspecified atom stereocenters. The summed E-state index contributed by atoms with van der Waals surface area (Å²) in [5, 5.41) is 3.38. The number of fused-ring (bicyclic) bond motifs is 1. The Morgan fingerprint density at radius 2 is 2.18 bits per heavy atom. The van der Waals surface area contributed by atoms with Crippen molar-refractivity contribution in [1.29, 1.82) is 0 Å². The molecule has 3 N–H and O–H groups in total. The first kappa shape index (κ1) is 7.32. The van der Waals surface area contributed by atoms with E-state index in [1.807, 2.05) is 0 Å². The van der Waals surface area contributed by atoms with Gasteiger partial charge in [-0.25, -0.2) is 0 Å². The largest absolute Gasteiger partial charge is 0.327 e. The van der Waals surface area contributed by atoms with E-state index in [9.17, 15) is 0 Å². The standard InChI is InChI=1S/C9H16N2/c1-6-2-3-7-4-11-5-8(7)9(6)10/h2-3,6-9,11H,4-5,10H2,1H3. The Bertz CT molecular complexity index is 176. The van der Waals surface area contributed by atoms with Gasteiger partial charge in [-0.15, -0.1) is 0 Å². The van der Waals surface area contributed by atoms with Gasteiger partial charge in [-0.2, -0.15) is 0 Å². The zero-order valence-corrected chi connectivity index (χ0v) is 6.96. The van der Waals surface area contributed by atoms with E-state index in [0.29, 0.717) is 23.8 Å². The average Bonchev–Trinajstić information content (AvgIpc) is 2.45. The molecule has 2 aliphatic rings. The summed E-state index contributed by atoms with van der Waals surface area (Å²) in [4.78, 5) is 0. The molecule has 0 aromatic heterocycles. The van der Waals surface area contributed by atoms with Crippen LogP contribution < -0.4 is 11.1 Å². The van der Waals surface area contributed by atoms with Gasteiger partial charge in [-0.05, 0) is 17.8 Å². The first-order valence-corrected chi connectivity index (χ1v) is 4.43. The molecule has 2 heteroatoms. The molecule has 1 fully saturated rings. The van der Waals surface area contributed by atoms with Gasteiger partial charge in [0.25, 0.3) is 0 Å². The maximum Gasteiger partial charge on any atom is 0.0146 e. The molecule has 1 saturated heterocycles. The second kappa shape index (κ2) is 2.61. The lowest BCUT2D eigenvalue weighted by Gasteiger charge is -2.30. The number of hydrogen-bond acceptors (Lipinski definition) is 2. The monoisotopic (exact) mass is 152 g/mol. The highest BCUT2D eigenvalue weighted by Gasteiger charge is 2.34. The lowest BCUT2D eigenvalue weighted by molar-refractivity contribution is 0.324. The molecule has 0 radical (unpaired) electrons. The van der Waals surface area contributed by atoms with E-state index in [-0.39, 0.29) is 0 Å². The van der Waals surface area contributed by atoms with Gasteiger partial charge in [-0.3, -0.25) is 0 Å². The van der Waals surface area contributed by atoms with Crippen LogP contribution in [0.3, 0.4) is 0 Å². The van der Waals surface area contributed by atoms with Gasteiger partial charge in [0, 0.05) is 19.1 Å². The molecule has 0 aromatic carbocycles. The van der Waals surface area contributed by atoms with E-state index >= 15 is 0 Å². The van der Waals surface area contributed by atoms with E-state index in [0.717, 1.165) is 13.1 Å². The van der Waals surface area contributed by atoms with Crippen LogP contribution in [-0.4, -0.2) is 19.1 Å². The van der Waals surface area contributed by atoms with E-state index in [1.54, 1.807) is 0 Å². The Morgan fingerprint density at radius 3 is 3.00 bits per heavy atom. The second-order valence-electron chi connectivity index (χ2n) is 3.81. The third-order valence-corrected chi connectivity index (χ3v) is 3.07. The third kappa shape index (κ3) is 1.10. The molecule has 1 aliphatic carbocycles. The maximum absolute atomic E-state index is 6.07. The summed E-state index contributed by atoms with van der Waals surface area (Å²) in [6.45, 7) is 4.44. The van der Waals surface area contributed by atoms with Crippen LogP contribution in [0.2, 0.25) is 0 Å². The lowest BCUT2D eigenvalue weighted by atomic mass is 9.78. The first-order valence-electron chi connectivity index (χ1n) is 4.43. The third-order valence-electron chi connectivity index (χ3n) is 3.07. The van der Waals surface area contributed by atoms with E-state index in [4.69, 9.17) is 5.73 Å². The molecule has 62 valence electrons. The van der Waals surface area contributed by atoms with E-state index in [2.05, 4.69) is 24.4 Å². The number of rotatable bonds is 0. The summed E-state index contributed by atoms with van der Waals surface area (Å²) in [5.74, 6) is 1.97. The van der Waals surface area contributed by atoms with Gasteiger partial charge in [0.2, 0.25) is 0 Å². The predicted octanol–water partition coefficient (Wildman–Crippen LogP) is 0.355. The summed E-state index contributed by atoms with van der Waals surface area (Å²) >= 11 is 0. The summed E-state index contributed by atoms with van der Waals surface area (Å²) in [6, 6.07) is 0.375. The minimum atomic E-state index is 0.375. The Labute approximate surface area is 67.8 Å². The molecule has 11 heavy (non-hydrogen) atoms. The fourth-order valence-corrected chi connectivity index (χ4v) is 2.19. The average molecular weight is 152 g/mol. The van der Waals surface area contributed by atoms with Crippen molar-refractivity contribution >= 4 is 0 Å². The zero-order valence-electron chi connectivity index (χ0n) is 6.96. The molecule has 1 heterocycles. The van der Waals surface area contributed by atoms with Gasteiger partial charge in [0.15, 0.2) is 0 Å². The minimum absolute atomic E-state index is 0.375. The van der Waals surface area contributed by atoms with Crippen molar-refractivity contribution in [2.45, 2.75) is 13.0 Å². The van der Waals surface area contributed by atoms with Crippen molar-refractivity contribution in [3.63, 3.8) is 0 Å². The van der Waals surface area contributed by atoms with Crippen LogP contribution in [0.25, 0.3) is 0 Å². The second-order valence-corrected chi connectivity index (χ2v) is 3.81. The Morgan fingerprint density at radius 1 is 1.36 bits per heavy atom. The van der Waals surface area contributed by atoms with Crippen molar-refractivity contribution in [3.05, 3.63) is 12.2 Å². The Hall–Kier alpha value is -0.340. The summed E-state index contributed by atoms with van der Waals surface area (Å²) in [6.07, 6.45) is 4.59. The van der Waals surface area contributed by atoms with Gasteiger partial charge in [0.05, 0.1) is 0 Å². The van der Waals surface area contributed by atoms with Crippen LogP contribution in [0.15, 0.2) is 12.2 Å². The van der Waals surface area contributed by atoms with Gasteiger partial charge in [-0.1, -0.05) is 19.1 Å². The van der Waals surface area contributed by atoms with Gasteiger partial charge < -0.3 is 11.1 Å². The summed E-state index contributed by atoms with van der Waals surface area (Å²) < 4.78 is 0. The smallest absolute Gasteiger partial charge is 0.0146 e. The molecule has 0 saturated carbocycles.